The Labute approximate surface area is 105 Å². The summed E-state index contributed by atoms with van der Waals surface area (Å²) in [6, 6.07) is 0. The van der Waals surface area contributed by atoms with Gasteiger partial charge in [0.15, 0.2) is 5.78 Å². The van der Waals surface area contributed by atoms with E-state index in [4.69, 9.17) is 0 Å². The minimum atomic E-state index is -1.63. The van der Waals surface area contributed by atoms with Crippen LogP contribution in [0.25, 0.3) is 0 Å². The second kappa shape index (κ2) is 9.70. The van der Waals surface area contributed by atoms with E-state index in [9.17, 15) is 24.6 Å². The molecule has 68 valence electrons. The van der Waals surface area contributed by atoms with E-state index >= 15 is 0 Å². The van der Waals surface area contributed by atoms with Gasteiger partial charge in [-0.25, -0.2) is 0 Å². The monoisotopic (exact) mass is 212 g/mol. The van der Waals surface area contributed by atoms with Gasteiger partial charge < -0.3 is 19.8 Å². The van der Waals surface area contributed by atoms with E-state index in [-0.39, 0.29) is 43.3 Å². The average molecular weight is 212 g/mol. The second-order valence-corrected chi connectivity index (χ2v) is 1.91. The standard InChI is InChI=1S/C4H6O2.C3H4O3.Ca/c1-3(2)4(5)6;1-2(4)3(5)6;/h1H2,2H3,(H,5,6);1H3,(H,5,6);/q;;+2/p-2. The Kier molecular flexibility index (Phi) is 13.7. The number of Topliss-reactive ketones (excluding diaryl/α,β-unsaturated/α-hetero) is 1. The fraction of sp³-hybridized carbons (Fsp3) is 0.286. The van der Waals surface area contributed by atoms with Crippen molar-refractivity contribution in [3.8, 4) is 0 Å². The number of hydrogen-bond donors (Lipinski definition) is 0. The van der Waals surface area contributed by atoms with Crippen LogP contribution >= 0.6 is 0 Å². The van der Waals surface area contributed by atoms with Gasteiger partial charge in [-0.05, 0) is 12.5 Å². The fourth-order valence-electron chi connectivity index (χ4n) is 0. The normalized spacial score (nSPS) is 6.92. The van der Waals surface area contributed by atoms with Crippen LogP contribution in [0.4, 0.5) is 0 Å². The number of hydrogen-bond acceptors (Lipinski definition) is 5. The van der Waals surface area contributed by atoms with Crippen molar-refractivity contribution < 1.29 is 24.6 Å². The summed E-state index contributed by atoms with van der Waals surface area (Å²) in [6.07, 6.45) is 0. The van der Waals surface area contributed by atoms with Crippen molar-refractivity contribution in [3.63, 3.8) is 0 Å². The minimum Gasteiger partial charge on any atom is -0.545 e. The van der Waals surface area contributed by atoms with Gasteiger partial charge in [0.2, 0.25) is 0 Å². The first-order chi connectivity index (χ1) is 5.29. The van der Waals surface area contributed by atoms with Crippen molar-refractivity contribution in [2.75, 3.05) is 0 Å². The molecular formula is C7H8CaO5. The van der Waals surface area contributed by atoms with Gasteiger partial charge in [-0.1, -0.05) is 6.58 Å². The summed E-state index contributed by atoms with van der Waals surface area (Å²) in [7, 11) is 0. The predicted molar refractivity (Wildman–Crippen MR) is 41.3 cm³/mol. The summed E-state index contributed by atoms with van der Waals surface area (Å²) in [5.74, 6) is -3.75. The van der Waals surface area contributed by atoms with E-state index in [0.29, 0.717) is 0 Å². The maximum absolute atomic E-state index is 9.49. The summed E-state index contributed by atoms with van der Waals surface area (Å²) in [5, 5.41) is 18.7. The van der Waals surface area contributed by atoms with Gasteiger partial charge in [0.1, 0.15) is 5.97 Å². The molecule has 0 aliphatic heterocycles. The van der Waals surface area contributed by atoms with E-state index in [0.717, 1.165) is 6.92 Å². The van der Waals surface area contributed by atoms with Gasteiger partial charge in [0.05, 0.1) is 5.97 Å². The van der Waals surface area contributed by atoms with E-state index in [1.54, 1.807) is 0 Å². The molecule has 0 fully saturated rings. The number of carboxylic acid groups (broad SMARTS) is 2. The molecule has 0 heterocycles. The Hall–Kier alpha value is -0.390. The molecule has 0 bridgehead atoms. The Balaban J connectivity index is -0.000000143. The van der Waals surface area contributed by atoms with Crippen molar-refractivity contribution >= 4 is 55.5 Å². The third-order valence-electron chi connectivity index (χ3n) is 0.636. The molecule has 0 N–H and O–H groups in total. The summed E-state index contributed by atoms with van der Waals surface area (Å²) in [5.41, 5.74) is 0.0648. The summed E-state index contributed by atoms with van der Waals surface area (Å²) in [6.45, 7) is 5.42. The summed E-state index contributed by atoms with van der Waals surface area (Å²) < 4.78 is 0. The van der Waals surface area contributed by atoms with Crippen molar-refractivity contribution in [2.24, 2.45) is 0 Å². The first-order valence-corrected chi connectivity index (χ1v) is 2.87. The van der Waals surface area contributed by atoms with Gasteiger partial charge in [0, 0.05) is 6.92 Å². The van der Waals surface area contributed by atoms with Gasteiger partial charge in [0.25, 0.3) is 0 Å². The molecule has 0 aromatic carbocycles. The smallest absolute Gasteiger partial charge is 0.545 e. The van der Waals surface area contributed by atoms with Crippen molar-refractivity contribution in [2.45, 2.75) is 13.8 Å². The SMILES string of the molecule is C=C(C)C(=O)[O-].CC(=O)C(=O)[O-].[Ca+2]. The third-order valence-corrected chi connectivity index (χ3v) is 0.636. The first kappa shape index (κ1) is 18.4. The van der Waals surface area contributed by atoms with Crippen molar-refractivity contribution in [1.29, 1.82) is 0 Å². The number of aliphatic carboxylic acids is 2. The molecule has 0 saturated heterocycles. The van der Waals surface area contributed by atoms with E-state index in [1.165, 1.54) is 6.92 Å². The molecule has 0 spiro atoms. The second-order valence-electron chi connectivity index (χ2n) is 1.91. The van der Waals surface area contributed by atoms with E-state index in [2.05, 4.69) is 6.58 Å². The van der Waals surface area contributed by atoms with Crippen LogP contribution in [-0.2, 0) is 14.4 Å². The average Bonchev–Trinajstić information content (AvgIpc) is 1.88. The molecule has 0 radical (unpaired) electrons. The maximum atomic E-state index is 9.49. The van der Waals surface area contributed by atoms with Gasteiger partial charge in [-0.2, -0.15) is 0 Å². The zero-order valence-electron chi connectivity index (χ0n) is 7.46. The van der Waals surface area contributed by atoms with E-state index in [1.807, 2.05) is 0 Å². The van der Waals surface area contributed by atoms with Crippen LogP contribution in [0.5, 0.6) is 0 Å². The predicted octanol–water partition coefficient (Wildman–Crippen LogP) is -2.74. The van der Waals surface area contributed by atoms with Crippen LogP contribution < -0.4 is 10.2 Å². The Morgan fingerprint density at radius 1 is 1.00 bits per heavy atom. The van der Waals surface area contributed by atoms with Gasteiger partial charge in [-0.3, -0.25) is 4.79 Å². The Morgan fingerprint density at radius 2 is 1.15 bits per heavy atom. The number of rotatable bonds is 2. The molecule has 0 aliphatic carbocycles. The van der Waals surface area contributed by atoms with Crippen molar-refractivity contribution in [3.05, 3.63) is 12.2 Å². The van der Waals surface area contributed by atoms with Crippen molar-refractivity contribution in [1.82, 2.24) is 0 Å². The molecule has 0 unspecified atom stereocenters. The van der Waals surface area contributed by atoms with E-state index < -0.39 is 17.7 Å². The third kappa shape index (κ3) is 18.5. The zero-order valence-corrected chi connectivity index (χ0v) is 9.66. The molecule has 6 heteroatoms. The molecule has 0 aromatic heterocycles. The Morgan fingerprint density at radius 3 is 1.15 bits per heavy atom. The van der Waals surface area contributed by atoms with Gasteiger partial charge in [-0.15, -0.1) is 0 Å². The number of ketones is 1. The van der Waals surface area contributed by atoms with Crippen LogP contribution in [0.2, 0.25) is 0 Å². The molecule has 5 nitrogen and oxygen atoms in total. The molecule has 0 amide bonds. The number of carboxylic acids is 2. The van der Waals surface area contributed by atoms with Crippen LogP contribution in [0.15, 0.2) is 12.2 Å². The first-order valence-electron chi connectivity index (χ1n) is 2.87. The maximum Gasteiger partial charge on any atom is 2.00 e. The molecular weight excluding hydrogens is 204 g/mol. The largest absolute Gasteiger partial charge is 2.00 e. The fourth-order valence-corrected chi connectivity index (χ4v) is 0. The van der Waals surface area contributed by atoms with Crippen LogP contribution in [-0.4, -0.2) is 55.5 Å². The molecule has 13 heavy (non-hydrogen) atoms. The topological polar surface area (TPSA) is 97.3 Å². The summed E-state index contributed by atoms with van der Waals surface area (Å²) in [4.78, 5) is 28.2. The quantitative estimate of drug-likeness (QED) is 0.281. The van der Waals surface area contributed by atoms with Crippen LogP contribution in [0, 0.1) is 0 Å². The van der Waals surface area contributed by atoms with Crippen LogP contribution in [0.3, 0.4) is 0 Å². The molecule has 0 saturated carbocycles. The Bertz CT molecular complexity index is 173. The summed E-state index contributed by atoms with van der Waals surface area (Å²) >= 11 is 0. The van der Waals surface area contributed by atoms with Crippen LogP contribution in [0.1, 0.15) is 13.8 Å². The zero-order chi connectivity index (χ0) is 10.3. The van der Waals surface area contributed by atoms with Gasteiger partial charge >= 0.3 is 37.7 Å². The number of carbonyl (C=O) groups excluding carboxylic acids is 3. The molecule has 0 aromatic rings. The number of carbonyl (C=O) groups is 3. The molecule has 0 atom stereocenters. The molecule has 0 aliphatic rings. The minimum absolute atomic E-state index is 0. The molecule has 0 rings (SSSR count).